The number of hydrogen-bond donors (Lipinski definition) is 0. The first kappa shape index (κ1) is 16.6. The Morgan fingerprint density at radius 1 is 0.395 bits per heavy atom. The zero-order valence-electron chi connectivity index (χ0n) is 25.4. The number of rotatable bonds is 3. The molecule has 0 saturated carbocycles. The van der Waals surface area contributed by atoms with E-state index >= 15 is 0 Å². The van der Waals surface area contributed by atoms with Crippen molar-refractivity contribution in [3.8, 4) is 22.5 Å². The molecule has 6 aromatic carbocycles. The Labute approximate surface area is 227 Å². The minimum atomic E-state index is -0.388. The van der Waals surface area contributed by atoms with Gasteiger partial charge in [-0.15, -0.1) is 0 Å². The van der Waals surface area contributed by atoms with Crippen LogP contribution in [-0.2, 0) is 0 Å². The molecule has 0 radical (unpaired) electrons. The summed E-state index contributed by atoms with van der Waals surface area (Å²) >= 11 is 0. The van der Waals surface area contributed by atoms with E-state index in [-0.39, 0.29) is 35.8 Å². The second kappa shape index (κ2) is 8.22. The van der Waals surface area contributed by atoms with Gasteiger partial charge in [-0.2, -0.15) is 0 Å². The fourth-order valence-corrected chi connectivity index (χ4v) is 5.82. The Hall–Kier alpha value is -5.08. The number of fused-ring (bicyclic) bond motifs is 7. The van der Waals surface area contributed by atoms with Crippen molar-refractivity contribution in [2.75, 3.05) is 0 Å². The number of aromatic nitrogens is 2. The highest BCUT2D eigenvalue weighted by molar-refractivity contribution is 6.28. The van der Waals surface area contributed by atoms with Gasteiger partial charge in [0.15, 0.2) is 0 Å². The van der Waals surface area contributed by atoms with Gasteiger partial charge in [0.05, 0.1) is 28.9 Å². The van der Waals surface area contributed by atoms with E-state index in [0.29, 0.717) is 5.56 Å². The summed E-state index contributed by atoms with van der Waals surface area (Å²) < 4.78 is 45.5. The second-order valence-electron chi connectivity index (χ2n) is 9.44. The Morgan fingerprint density at radius 2 is 0.895 bits per heavy atom. The lowest BCUT2D eigenvalue weighted by Gasteiger charge is -2.10. The minimum absolute atomic E-state index is 0.201. The highest BCUT2D eigenvalue weighted by Crippen LogP contribution is 2.42. The summed E-state index contributed by atoms with van der Waals surface area (Å²) in [6.45, 7) is 0. The predicted octanol–water partition coefficient (Wildman–Crippen LogP) is 9.55. The van der Waals surface area contributed by atoms with E-state index in [0.717, 1.165) is 38.8 Å². The first-order valence-electron chi connectivity index (χ1n) is 15.1. The molecule has 178 valence electrons. The first-order valence-corrected chi connectivity index (χ1v) is 12.6. The Kier molecular flexibility index (Phi) is 3.60. The van der Waals surface area contributed by atoms with E-state index < -0.39 is 0 Å². The van der Waals surface area contributed by atoms with Crippen molar-refractivity contribution in [3.05, 3.63) is 145 Å². The van der Waals surface area contributed by atoms with Crippen LogP contribution in [0.4, 0.5) is 0 Å². The fraction of sp³-hybridized carbons (Fsp3) is 0. The average molecular weight is 490 g/mol. The van der Waals surface area contributed by atoms with Crippen molar-refractivity contribution in [2.45, 2.75) is 0 Å². The Morgan fingerprint density at radius 3 is 1.47 bits per heavy atom. The van der Waals surface area contributed by atoms with Crippen molar-refractivity contribution in [2.24, 2.45) is 0 Å². The van der Waals surface area contributed by atoms with Gasteiger partial charge in [0.2, 0.25) is 0 Å². The van der Waals surface area contributed by atoms with Crippen LogP contribution >= 0.6 is 0 Å². The van der Waals surface area contributed by atoms with Gasteiger partial charge in [0, 0.05) is 32.9 Å². The highest BCUT2D eigenvalue weighted by Gasteiger charge is 2.20. The maximum Gasteiger partial charge on any atom is 0.0629 e. The summed E-state index contributed by atoms with van der Waals surface area (Å²) in [4.78, 5) is 0. The van der Waals surface area contributed by atoms with Gasteiger partial charge in [0.25, 0.3) is 0 Å². The molecule has 38 heavy (non-hydrogen) atoms. The molecule has 0 unspecified atom stereocenters. The molecule has 0 aliphatic carbocycles. The quantitative estimate of drug-likeness (QED) is 0.234. The third kappa shape index (κ3) is 3.01. The van der Waals surface area contributed by atoms with E-state index in [1.807, 2.05) is 36.4 Å². The van der Waals surface area contributed by atoms with Crippen LogP contribution in [0.3, 0.4) is 0 Å². The number of hydrogen-bond acceptors (Lipinski definition) is 0. The van der Waals surface area contributed by atoms with Gasteiger partial charge < -0.3 is 9.13 Å². The smallest absolute Gasteiger partial charge is 0.0629 e. The average Bonchev–Trinajstić information content (AvgIpc) is 3.56. The maximum absolute atomic E-state index is 8.41. The fourth-order valence-electron chi connectivity index (χ4n) is 5.82. The van der Waals surface area contributed by atoms with Gasteiger partial charge in [0.1, 0.15) is 0 Å². The lowest BCUT2D eigenvalue weighted by Crippen LogP contribution is -1.94. The van der Waals surface area contributed by atoms with Crippen LogP contribution in [-0.4, -0.2) is 9.13 Å². The molecule has 0 amide bonds. The van der Waals surface area contributed by atoms with Crippen LogP contribution in [0.25, 0.3) is 66.1 Å². The summed E-state index contributed by atoms with van der Waals surface area (Å²) in [5, 5.41) is 4.71. The van der Waals surface area contributed by atoms with Gasteiger partial charge >= 0.3 is 0 Å². The molecule has 8 rings (SSSR count). The van der Waals surface area contributed by atoms with Gasteiger partial charge in [-0.25, -0.2) is 0 Å². The number of benzene rings is 6. The molecule has 2 nitrogen and oxygen atoms in total. The summed E-state index contributed by atoms with van der Waals surface area (Å²) in [5.41, 5.74) is 7.24. The van der Waals surface area contributed by atoms with E-state index in [9.17, 15) is 0 Å². The number of para-hydroxylation sites is 3. The topological polar surface area (TPSA) is 9.86 Å². The van der Waals surface area contributed by atoms with Crippen molar-refractivity contribution in [1.29, 1.82) is 0 Å². The molecule has 0 aliphatic heterocycles. The second-order valence-corrected chi connectivity index (χ2v) is 9.44. The molecular formula is C36H24N2. The Balaban J connectivity index is 1.41. The predicted molar refractivity (Wildman–Crippen MR) is 161 cm³/mol. The lowest BCUT2D eigenvalue weighted by atomic mass is 10.1. The summed E-state index contributed by atoms with van der Waals surface area (Å²) in [5.74, 6) is 0. The van der Waals surface area contributed by atoms with Crippen LogP contribution in [0.5, 0.6) is 0 Å². The molecular weight excluding hydrogens is 460 g/mol. The van der Waals surface area contributed by atoms with E-state index in [1.165, 1.54) is 16.2 Å². The monoisotopic (exact) mass is 489 g/mol. The van der Waals surface area contributed by atoms with E-state index in [4.69, 9.17) is 6.85 Å². The van der Waals surface area contributed by atoms with Crippen LogP contribution in [0.2, 0.25) is 0 Å². The molecule has 0 fully saturated rings. The largest absolute Gasteiger partial charge is 0.309 e. The Bertz CT molecular complexity index is 2360. The van der Waals surface area contributed by atoms with Crippen molar-refractivity contribution in [1.82, 2.24) is 9.13 Å². The van der Waals surface area contributed by atoms with Crippen molar-refractivity contribution >= 4 is 43.6 Å². The van der Waals surface area contributed by atoms with Crippen molar-refractivity contribution < 1.29 is 6.85 Å². The molecule has 2 aromatic heterocycles. The van der Waals surface area contributed by atoms with Gasteiger partial charge in [-0.3, -0.25) is 0 Å². The molecule has 0 spiro atoms. The third-order valence-corrected chi connectivity index (χ3v) is 7.40. The molecule has 0 aliphatic rings. The first-order chi connectivity index (χ1) is 21.0. The van der Waals surface area contributed by atoms with E-state index in [2.05, 4.69) is 88.0 Å². The van der Waals surface area contributed by atoms with Gasteiger partial charge in [-0.1, -0.05) is 96.9 Å². The molecule has 0 N–H and O–H groups in total. The van der Waals surface area contributed by atoms with Crippen LogP contribution in [0, 0.1) is 0 Å². The van der Waals surface area contributed by atoms with Crippen LogP contribution in [0.1, 0.15) is 6.85 Å². The van der Waals surface area contributed by atoms with Crippen LogP contribution < -0.4 is 0 Å². The summed E-state index contributed by atoms with van der Waals surface area (Å²) in [6, 6.07) is 37.9. The van der Waals surface area contributed by atoms with Crippen molar-refractivity contribution in [3.63, 3.8) is 0 Å². The van der Waals surface area contributed by atoms with Gasteiger partial charge in [-0.05, 0) is 59.7 Å². The minimum Gasteiger partial charge on any atom is -0.309 e. The normalized spacial score (nSPS) is 13.5. The van der Waals surface area contributed by atoms with Crippen LogP contribution in [0.15, 0.2) is 145 Å². The standard InChI is InChI=1S/C36H24N2/c1-3-11-25(12-4-1)26-19-21-28(22-20-26)38-32-18-10-8-16-30(32)36-34(38)24-23-33-35(36)29-15-7-9-17-31(29)37(33)27-13-5-2-6-14-27/h1-24H/i1D,3D,4D,11D,12D. The molecule has 0 bridgehead atoms. The zero-order chi connectivity index (χ0) is 29.4. The molecule has 0 saturated heterocycles. The molecule has 0 atom stereocenters. The molecule has 2 heterocycles. The molecule has 8 aromatic rings. The molecule has 2 heteroatoms. The summed E-state index contributed by atoms with van der Waals surface area (Å²) in [6.07, 6.45) is 0. The van der Waals surface area contributed by atoms with E-state index in [1.54, 1.807) is 0 Å². The lowest BCUT2D eigenvalue weighted by molar-refractivity contribution is 1.17. The summed E-state index contributed by atoms with van der Waals surface area (Å²) in [7, 11) is 0. The third-order valence-electron chi connectivity index (χ3n) is 7.40. The maximum atomic E-state index is 8.41. The highest BCUT2D eigenvalue weighted by atomic mass is 15.0. The SMILES string of the molecule is [2H]c1c([2H])c([2H])c(-c2ccc(-n3c4ccccc4c4c5c6ccccc6n(-c6ccccc6)c5ccc43)cc2)c([2H])c1[2H]. The zero-order valence-corrected chi connectivity index (χ0v) is 20.4. The number of nitrogens with zero attached hydrogens (tertiary/aromatic N) is 2.